The fourth-order valence-electron chi connectivity index (χ4n) is 2.41. The lowest BCUT2D eigenvalue weighted by Gasteiger charge is -2.28. The Morgan fingerprint density at radius 2 is 2.15 bits per heavy atom. The molecule has 1 aromatic rings. The Bertz CT molecular complexity index is 520. The number of piperidine rings is 1. The van der Waals surface area contributed by atoms with Gasteiger partial charge < -0.3 is 10.2 Å². The van der Waals surface area contributed by atoms with Crippen molar-refractivity contribution in [3.05, 3.63) is 11.8 Å². The molecule has 0 saturated carbocycles. The van der Waals surface area contributed by atoms with Crippen LogP contribution in [0.25, 0.3) is 0 Å². The third kappa shape index (κ3) is 3.78. The topological polar surface area (TPSA) is 90.1 Å². The molecule has 0 unspecified atom stereocenters. The summed E-state index contributed by atoms with van der Waals surface area (Å²) in [6.45, 7) is 3.03. The molecule has 1 aliphatic heterocycles. The molecule has 7 nitrogen and oxygen atoms in total. The van der Waals surface area contributed by atoms with Crippen molar-refractivity contribution in [2.45, 2.75) is 24.4 Å². The molecule has 8 heteroatoms. The predicted octanol–water partition coefficient (Wildman–Crippen LogP) is -0.251. The molecule has 0 spiro atoms. The number of likely N-dealkylation sites (tertiary alicyclic amines) is 1. The Morgan fingerprint density at radius 1 is 1.45 bits per heavy atom. The molecular formula is C12H23N5O2S. The molecule has 3 N–H and O–H groups in total. The average molecular weight is 301 g/mol. The summed E-state index contributed by atoms with van der Waals surface area (Å²) in [4.78, 5) is 2.27. The van der Waals surface area contributed by atoms with Gasteiger partial charge in [-0.15, -0.1) is 0 Å². The van der Waals surface area contributed by atoms with E-state index >= 15 is 0 Å². The van der Waals surface area contributed by atoms with E-state index in [1.54, 1.807) is 13.2 Å². The van der Waals surface area contributed by atoms with E-state index in [2.05, 4.69) is 32.2 Å². The number of rotatable bonds is 6. The first kappa shape index (κ1) is 15.4. The second kappa shape index (κ2) is 6.66. The van der Waals surface area contributed by atoms with Gasteiger partial charge in [0.25, 0.3) is 10.0 Å². The number of aromatic nitrogens is 2. The second-order valence-corrected chi connectivity index (χ2v) is 7.06. The number of nitrogens with one attached hydrogen (secondary N) is 3. The number of hydrogen-bond acceptors (Lipinski definition) is 5. The summed E-state index contributed by atoms with van der Waals surface area (Å²) in [7, 11) is 0.361. The second-order valence-electron chi connectivity index (χ2n) is 5.35. The number of aromatic amines is 1. The zero-order chi connectivity index (χ0) is 14.6. The van der Waals surface area contributed by atoms with Crippen LogP contribution in [0.15, 0.2) is 11.2 Å². The molecule has 2 heterocycles. The van der Waals surface area contributed by atoms with Crippen LogP contribution in [0, 0.1) is 5.92 Å². The van der Waals surface area contributed by atoms with Gasteiger partial charge in [0.05, 0.1) is 6.20 Å². The lowest BCUT2D eigenvalue weighted by Crippen LogP contribution is -2.37. The van der Waals surface area contributed by atoms with Crippen molar-refractivity contribution in [2.75, 3.05) is 33.7 Å². The fraction of sp³-hybridized carbons (Fsp3) is 0.750. The summed E-state index contributed by atoms with van der Waals surface area (Å²) in [5, 5.41) is 9.50. The third-order valence-electron chi connectivity index (χ3n) is 3.71. The van der Waals surface area contributed by atoms with Gasteiger partial charge in [-0.05, 0) is 45.9 Å². The summed E-state index contributed by atoms with van der Waals surface area (Å²) in [5.74, 6) is 0.414. The first-order valence-corrected chi connectivity index (χ1v) is 8.36. The van der Waals surface area contributed by atoms with Crippen molar-refractivity contribution >= 4 is 10.0 Å². The van der Waals surface area contributed by atoms with Crippen LogP contribution in [0.4, 0.5) is 0 Å². The van der Waals surface area contributed by atoms with Gasteiger partial charge in [-0.3, -0.25) is 5.10 Å². The van der Waals surface area contributed by atoms with Crippen LogP contribution in [-0.4, -0.2) is 57.2 Å². The van der Waals surface area contributed by atoms with Crippen molar-refractivity contribution in [2.24, 2.45) is 5.92 Å². The van der Waals surface area contributed by atoms with E-state index in [1.807, 2.05) is 0 Å². The van der Waals surface area contributed by atoms with Crippen LogP contribution in [0.1, 0.15) is 18.4 Å². The summed E-state index contributed by atoms with van der Waals surface area (Å²) < 4.78 is 27.3. The third-order valence-corrected chi connectivity index (χ3v) is 5.15. The Morgan fingerprint density at radius 3 is 2.80 bits per heavy atom. The normalized spacial score (nSPS) is 18.5. The molecule has 20 heavy (non-hydrogen) atoms. The molecule has 1 fully saturated rings. The number of hydrogen-bond donors (Lipinski definition) is 3. The van der Waals surface area contributed by atoms with Crippen molar-refractivity contribution in [1.82, 2.24) is 25.1 Å². The highest BCUT2D eigenvalue weighted by molar-refractivity contribution is 7.89. The maximum atomic E-state index is 12.3. The fourth-order valence-corrected chi connectivity index (χ4v) is 3.66. The lowest BCUT2D eigenvalue weighted by atomic mass is 9.98. The molecule has 114 valence electrons. The molecule has 0 atom stereocenters. The van der Waals surface area contributed by atoms with E-state index in [-0.39, 0.29) is 5.03 Å². The highest BCUT2D eigenvalue weighted by Crippen LogP contribution is 2.17. The van der Waals surface area contributed by atoms with Crippen molar-refractivity contribution < 1.29 is 8.42 Å². The molecule has 1 aliphatic rings. The Labute approximate surface area is 120 Å². The molecule has 1 aromatic heterocycles. The summed E-state index contributed by atoms with van der Waals surface area (Å²) >= 11 is 0. The van der Waals surface area contributed by atoms with Crippen LogP contribution in [0.3, 0.4) is 0 Å². The van der Waals surface area contributed by atoms with Crippen molar-refractivity contribution in [1.29, 1.82) is 0 Å². The molecule has 1 saturated heterocycles. The molecule has 0 amide bonds. The average Bonchev–Trinajstić information content (AvgIpc) is 2.88. The van der Waals surface area contributed by atoms with E-state index < -0.39 is 10.0 Å². The van der Waals surface area contributed by atoms with E-state index in [4.69, 9.17) is 0 Å². The molecular weight excluding hydrogens is 278 g/mol. The Hall–Kier alpha value is -0.960. The van der Waals surface area contributed by atoms with Gasteiger partial charge in [-0.25, -0.2) is 13.1 Å². The lowest BCUT2D eigenvalue weighted by molar-refractivity contribution is 0.220. The van der Waals surface area contributed by atoms with E-state index in [0.717, 1.165) is 25.9 Å². The molecule has 0 aliphatic carbocycles. The van der Waals surface area contributed by atoms with E-state index in [1.165, 1.54) is 0 Å². The summed E-state index contributed by atoms with van der Waals surface area (Å²) in [5.41, 5.74) is 0.656. The Balaban J connectivity index is 1.95. The van der Waals surface area contributed by atoms with Gasteiger partial charge in [0.2, 0.25) is 0 Å². The minimum atomic E-state index is -3.50. The summed E-state index contributed by atoms with van der Waals surface area (Å²) in [6.07, 6.45) is 3.61. The zero-order valence-electron chi connectivity index (χ0n) is 12.0. The number of nitrogens with zero attached hydrogens (tertiary/aromatic N) is 2. The molecule has 0 bridgehead atoms. The molecule has 2 rings (SSSR count). The summed E-state index contributed by atoms with van der Waals surface area (Å²) in [6, 6.07) is 0. The minimum Gasteiger partial charge on any atom is -0.316 e. The standard InChI is InChI=1S/C12H23N5O2S/c1-13-8-11-9-14-16-12(11)20(18,19)15-7-10-3-5-17(2)6-4-10/h9-10,13,15H,3-8H2,1-2H3,(H,14,16). The monoisotopic (exact) mass is 301 g/mol. The predicted molar refractivity (Wildman–Crippen MR) is 76.8 cm³/mol. The highest BCUT2D eigenvalue weighted by Gasteiger charge is 2.23. The van der Waals surface area contributed by atoms with Gasteiger partial charge in [0, 0.05) is 18.7 Å². The van der Waals surface area contributed by atoms with Gasteiger partial charge in [-0.1, -0.05) is 0 Å². The van der Waals surface area contributed by atoms with Gasteiger partial charge in [0.1, 0.15) is 0 Å². The number of H-pyrrole nitrogens is 1. The first-order valence-electron chi connectivity index (χ1n) is 6.88. The van der Waals surface area contributed by atoms with Crippen molar-refractivity contribution in [3.63, 3.8) is 0 Å². The first-order chi connectivity index (χ1) is 9.53. The SMILES string of the molecule is CNCc1cn[nH]c1S(=O)(=O)NCC1CCN(C)CC1. The van der Waals surface area contributed by atoms with Crippen LogP contribution >= 0.6 is 0 Å². The van der Waals surface area contributed by atoms with E-state index in [0.29, 0.717) is 24.6 Å². The van der Waals surface area contributed by atoms with Crippen LogP contribution in [0.2, 0.25) is 0 Å². The quantitative estimate of drug-likeness (QED) is 0.674. The van der Waals surface area contributed by atoms with Crippen LogP contribution < -0.4 is 10.0 Å². The minimum absolute atomic E-state index is 0.166. The van der Waals surface area contributed by atoms with Crippen LogP contribution in [-0.2, 0) is 16.6 Å². The smallest absolute Gasteiger partial charge is 0.257 e. The highest BCUT2D eigenvalue weighted by atomic mass is 32.2. The van der Waals surface area contributed by atoms with Gasteiger partial charge in [-0.2, -0.15) is 5.10 Å². The van der Waals surface area contributed by atoms with Crippen LogP contribution in [0.5, 0.6) is 0 Å². The molecule has 0 radical (unpaired) electrons. The largest absolute Gasteiger partial charge is 0.316 e. The number of sulfonamides is 1. The zero-order valence-corrected chi connectivity index (χ0v) is 12.8. The Kier molecular flexibility index (Phi) is 5.14. The van der Waals surface area contributed by atoms with E-state index in [9.17, 15) is 8.42 Å². The molecule has 0 aromatic carbocycles. The maximum Gasteiger partial charge on any atom is 0.257 e. The van der Waals surface area contributed by atoms with Crippen molar-refractivity contribution in [3.8, 4) is 0 Å². The van der Waals surface area contributed by atoms with Gasteiger partial charge >= 0.3 is 0 Å². The maximum absolute atomic E-state index is 12.3. The van der Waals surface area contributed by atoms with Gasteiger partial charge in [0.15, 0.2) is 5.03 Å².